The van der Waals surface area contributed by atoms with Crippen LogP contribution < -0.4 is 21.1 Å². The highest BCUT2D eigenvalue weighted by atomic mass is 16.5. The zero-order valence-electron chi connectivity index (χ0n) is 15.6. The highest BCUT2D eigenvalue weighted by molar-refractivity contribution is 5.83. The quantitative estimate of drug-likeness (QED) is 0.461. The standard InChI is InChI=1S/C17H24N8O2/c1-4-25-16-13(23-24-25)15(21-17(22-16)20-8-10(2)18)19-9-11-6-5-7-12(27-3)14(11)26/h5-7,10,26H,4,8-9,18H2,1-3H3,(H2,19,20,21,22). The van der Waals surface area contributed by atoms with Gasteiger partial charge in [-0.05, 0) is 19.9 Å². The van der Waals surface area contributed by atoms with Crippen molar-refractivity contribution in [2.75, 3.05) is 24.3 Å². The molecule has 1 unspecified atom stereocenters. The van der Waals surface area contributed by atoms with Gasteiger partial charge in [-0.2, -0.15) is 9.97 Å². The summed E-state index contributed by atoms with van der Waals surface area (Å²) < 4.78 is 6.85. The SMILES string of the molecule is CCn1nnc2c(NCc3cccc(OC)c3O)nc(NCC(C)N)nc21. The maximum absolute atomic E-state index is 10.3. The lowest BCUT2D eigenvalue weighted by Crippen LogP contribution is -2.26. The topological polar surface area (TPSA) is 136 Å². The second-order valence-corrected chi connectivity index (χ2v) is 6.15. The number of anilines is 2. The van der Waals surface area contributed by atoms with Crippen LogP contribution >= 0.6 is 0 Å². The van der Waals surface area contributed by atoms with E-state index in [4.69, 9.17) is 10.5 Å². The molecule has 3 aromatic rings. The number of para-hydroxylation sites is 1. The summed E-state index contributed by atoms with van der Waals surface area (Å²) in [6, 6.07) is 5.28. The molecule has 0 bridgehead atoms. The summed E-state index contributed by atoms with van der Waals surface area (Å²) in [6.45, 7) is 5.37. The summed E-state index contributed by atoms with van der Waals surface area (Å²) in [4.78, 5) is 8.98. The fraction of sp³-hybridized carbons (Fsp3) is 0.412. The van der Waals surface area contributed by atoms with Crippen molar-refractivity contribution in [1.29, 1.82) is 0 Å². The van der Waals surface area contributed by atoms with Crippen molar-refractivity contribution < 1.29 is 9.84 Å². The van der Waals surface area contributed by atoms with E-state index in [1.54, 1.807) is 16.8 Å². The minimum Gasteiger partial charge on any atom is -0.504 e. The Morgan fingerprint density at radius 2 is 2.11 bits per heavy atom. The summed E-state index contributed by atoms with van der Waals surface area (Å²) in [5, 5.41) is 24.9. The van der Waals surface area contributed by atoms with E-state index in [1.165, 1.54) is 7.11 Å². The van der Waals surface area contributed by atoms with Crippen LogP contribution in [0.1, 0.15) is 19.4 Å². The van der Waals surface area contributed by atoms with E-state index in [-0.39, 0.29) is 11.8 Å². The molecule has 0 saturated heterocycles. The van der Waals surface area contributed by atoms with E-state index in [0.717, 1.165) is 0 Å². The molecule has 2 aromatic heterocycles. The number of nitrogens with one attached hydrogen (secondary N) is 2. The van der Waals surface area contributed by atoms with Gasteiger partial charge >= 0.3 is 0 Å². The van der Waals surface area contributed by atoms with Crippen LogP contribution in [0, 0.1) is 0 Å². The number of methoxy groups -OCH3 is 1. The minimum atomic E-state index is -0.0383. The number of benzene rings is 1. The molecule has 0 fully saturated rings. The molecule has 0 amide bonds. The predicted molar refractivity (Wildman–Crippen MR) is 103 cm³/mol. The molecule has 0 aliphatic rings. The molecule has 144 valence electrons. The van der Waals surface area contributed by atoms with Gasteiger partial charge in [-0.3, -0.25) is 0 Å². The van der Waals surface area contributed by atoms with Gasteiger partial charge in [0.15, 0.2) is 28.5 Å². The number of rotatable bonds is 8. The zero-order valence-corrected chi connectivity index (χ0v) is 15.6. The number of ether oxygens (including phenoxy) is 1. The molecule has 0 radical (unpaired) electrons. The van der Waals surface area contributed by atoms with Gasteiger partial charge in [0.2, 0.25) is 5.95 Å². The molecule has 0 spiro atoms. The van der Waals surface area contributed by atoms with Crippen molar-refractivity contribution in [2.45, 2.75) is 33.0 Å². The van der Waals surface area contributed by atoms with E-state index < -0.39 is 0 Å². The Hall–Kier alpha value is -3.14. The normalized spacial score (nSPS) is 12.1. The molecule has 3 rings (SSSR count). The van der Waals surface area contributed by atoms with E-state index in [0.29, 0.717) is 53.9 Å². The first-order valence-corrected chi connectivity index (χ1v) is 8.72. The molecule has 5 N–H and O–H groups in total. The van der Waals surface area contributed by atoms with Gasteiger partial charge in [-0.25, -0.2) is 4.68 Å². The lowest BCUT2D eigenvalue weighted by Gasteiger charge is -2.12. The fourth-order valence-corrected chi connectivity index (χ4v) is 2.58. The van der Waals surface area contributed by atoms with Gasteiger partial charge in [-0.15, -0.1) is 5.10 Å². The molecule has 0 aliphatic heterocycles. The molecule has 0 saturated carbocycles. The van der Waals surface area contributed by atoms with Crippen LogP contribution in [0.15, 0.2) is 18.2 Å². The molecule has 1 atom stereocenters. The average molecular weight is 372 g/mol. The number of nitrogens with two attached hydrogens (primary N) is 1. The van der Waals surface area contributed by atoms with E-state index in [2.05, 4.69) is 30.9 Å². The lowest BCUT2D eigenvalue weighted by molar-refractivity contribution is 0.371. The summed E-state index contributed by atoms with van der Waals surface area (Å²) in [5.41, 5.74) is 7.66. The molecular weight excluding hydrogens is 348 g/mol. The first-order chi connectivity index (χ1) is 13.0. The average Bonchev–Trinajstić information content (AvgIpc) is 3.08. The summed E-state index contributed by atoms with van der Waals surface area (Å²) in [6.07, 6.45) is 0. The first-order valence-electron chi connectivity index (χ1n) is 8.72. The second-order valence-electron chi connectivity index (χ2n) is 6.15. The van der Waals surface area contributed by atoms with Crippen molar-refractivity contribution in [3.05, 3.63) is 23.8 Å². The Morgan fingerprint density at radius 3 is 2.81 bits per heavy atom. The molecule has 0 aliphatic carbocycles. The molecule has 2 heterocycles. The van der Waals surface area contributed by atoms with E-state index in [1.807, 2.05) is 19.9 Å². The van der Waals surface area contributed by atoms with Crippen molar-refractivity contribution in [3.8, 4) is 11.5 Å². The molecule has 10 nitrogen and oxygen atoms in total. The number of phenolic OH excluding ortho intramolecular Hbond substituents is 1. The highest BCUT2D eigenvalue weighted by Crippen LogP contribution is 2.30. The maximum Gasteiger partial charge on any atom is 0.226 e. The number of hydrogen-bond acceptors (Lipinski definition) is 9. The number of aryl methyl sites for hydroxylation is 1. The second kappa shape index (κ2) is 8.04. The van der Waals surface area contributed by atoms with Crippen molar-refractivity contribution in [3.63, 3.8) is 0 Å². The van der Waals surface area contributed by atoms with Crippen LogP contribution in [0.3, 0.4) is 0 Å². The largest absolute Gasteiger partial charge is 0.504 e. The fourth-order valence-electron chi connectivity index (χ4n) is 2.58. The third-order valence-electron chi connectivity index (χ3n) is 3.99. The number of fused-ring (bicyclic) bond motifs is 1. The third kappa shape index (κ3) is 4.00. The number of hydrogen-bond donors (Lipinski definition) is 4. The van der Waals surface area contributed by atoms with Crippen molar-refractivity contribution in [2.24, 2.45) is 5.73 Å². The number of nitrogens with zero attached hydrogens (tertiary/aromatic N) is 5. The van der Waals surface area contributed by atoms with Gasteiger partial charge < -0.3 is 26.2 Å². The molecule has 27 heavy (non-hydrogen) atoms. The summed E-state index contributed by atoms with van der Waals surface area (Å²) >= 11 is 0. The number of aromatic nitrogens is 5. The van der Waals surface area contributed by atoms with Crippen LogP contribution in [0.5, 0.6) is 11.5 Å². The summed E-state index contributed by atoms with van der Waals surface area (Å²) in [7, 11) is 1.51. The van der Waals surface area contributed by atoms with Crippen LogP contribution in [0.2, 0.25) is 0 Å². The van der Waals surface area contributed by atoms with Gasteiger partial charge in [0.1, 0.15) is 0 Å². The lowest BCUT2D eigenvalue weighted by atomic mass is 10.2. The van der Waals surface area contributed by atoms with Gasteiger partial charge in [0.25, 0.3) is 0 Å². The first kappa shape index (κ1) is 18.6. The van der Waals surface area contributed by atoms with Crippen molar-refractivity contribution in [1.82, 2.24) is 25.0 Å². The van der Waals surface area contributed by atoms with Gasteiger partial charge in [0.05, 0.1) is 7.11 Å². The molecule has 1 aromatic carbocycles. The van der Waals surface area contributed by atoms with Crippen LogP contribution in [0.25, 0.3) is 11.2 Å². The maximum atomic E-state index is 10.3. The molecule has 10 heteroatoms. The number of phenols is 1. The number of aromatic hydroxyl groups is 1. The third-order valence-corrected chi connectivity index (χ3v) is 3.99. The monoisotopic (exact) mass is 372 g/mol. The Kier molecular flexibility index (Phi) is 5.55. The van der Waals surface area contributed by atoms with Gasteiger partial charge in [-0.1, -0.05) is 17.3 Å². The summed E-state index contributed by atoms with van der Waals surface area (Å²) in [5.74, 6) is 1.46. The predicted octanol–water partition coefficient (Wildman–Crippen LogP) is 1.33. The smallest absolute Gasteiger partial charge is 0.226 e. The van der Waals surface area contributed by atoms with E-state index >= 15 is 0 Å². The van der Waals surface area contributed by atoms with Crippen LogP contribution in [0.4, 0.5) is 11.8 Å². The van der Waals surface area contributed by atoms with Gasteiger partial charge in [0, 0.05) is 31.2 Å². The Morgan fingerprint density at radius 1 is 1.30 bits per heavy atom. The van der Waals surface area contributed by atoms with Crippen molar-refractivity contribution >= 4 is 22.9 Å². The highest BCUT2D eigenvalue weighted by Gasteiger charge is 2.15. The van der Waals surface area contributed by atoms with E-state index in [9.17, 15) is 5.11 Å². The Bertz CT molecular complexity index is 925. The Labute approximate surface area is 156 Å². The van der Waals surface area contributed by atoms with Crippen LogP contribution in [-0.4, -0.2) is 49.8 Å². The Balaban J connectivity index is 1.91. The van der Waals surface area contributed by atoms with Crippen LogP contribution in [-0.2, 0) is 13.1 Å². The minimum absolute atomic E-state index is 0.0383. The zero-order chi connectivity index (χ0) is 19.4. The molecular formula is C17H24N8O2.